The first kappa shape index (κ1) is 42.9. The molecule has 0 radical (unpaired) electrons. The van der Waals surface area contributed by atoms with Gasteiger partial charge in [0.25, 0.3) is 0 Å². The maximum atomic E-state index is 9.55. The highest BCUT2D eigenvalue weighted by molar-refractivity contribution is 5.89. The number of ether oxygens (including phenoxy) is 2. The van der Waals surface area contributed by atoms with Crippen molar-refractivity contribution in [1.29, 1.82) is 0 Å². The van der Waals surface area contributed by atoms with Gasteiger partial charge in [0.1, 0.15) is 24.8 Å². The Morgan fingerprint density at radius 2 is 0.903 bits per heavy atom. The van der Waals surface area contributed by atoms with Crippen molar-refractivity contribution in [3.63, 3.8) is 0 Å². The molecule has 6 aromatic heterocycles. The average Bonchev–Trinajstić information content (AvgIpc) is 3.96. The number of hydrogen-bond acceptors (Lipinski definition) is 14. The minimum absolute atomic E-state index is 0.428. The van der Waals surface area contributed by atoms with E-state index in [2.05, 4.69) is 54.5 Å². The number of aromatic nitrogens is 6. The van der Waals surface area contributed by atoms with Crippen LogP contribution < -0.4 is 20.9 Å². The highest BCUT2D eigenvalue weighted by Gasteiger charge is 2.12. The van der Waals surface area contributed by atoms with Crippen LogP contribution >= 0.6 is 0 Å². The summed E-state index contributed by atoms with van der Waals surface area (Å²) in [5.74, 6) is 0.819. The first-order valence-electron chi connectivity index (χ1n) is 18.9. The summed E-state index contributed by atoms with van der Waals surface area (Å²) in [5.41, 5.74) is 19.4. The van der Waals surface area contributed by atoms with E-state index in [1.165, 1.54) is 0 Å². The summed E-state index contributed by atoms with van der Waals surface area (Å²) in [6.45, 7) is 0.956. The Kier molecular flexibility index (Phi) is 15.2. The molecule has 0 amide bonds. The summed E-state index contributed by atoms with van der Waals surface area (Å²) >= 11 is 0. The van der Waals surface area contributed by atoms with Crippen molar-refractivity contribution in [1.82, 2.24) is 30.2 Å². The number of nitrogen functional groups attached to an aromatic ring is 2. The summed E-state index contributed by atoms with van der Waals surface area (Å²) in [5, 5.41) is 23.9. The number of nitrogens with two attached hydrogens (primary N) is 2. The van der Waals surface area contributed by atoms with Gasteiger partial charge in [-0.05, 0) is 58.7 Å². The number of carboxylic acids is 2. The van der Waals surface area contributed by atoms with Crippen LogP contribution in [0, 0.1) is 0 Å². The Balaban J connectivity index is 0.000000176. The minimum Gasteiger partial charge on any atom is -0.478 e. The molecule has 0 saturated heterocycles. The van der Waals surface area contributed by atoms with E-state index in [9.17, 15) is 9.59 Å². The SMILES string of the molecule is Nc1ncccc1-c1cc(Cc2ccc(COc3ccccn3)cc2)no1.Nc1ncccc1-c1cc(Cc2ccc(COc3ccccn3)cc2)no1.O=C(O)/C=C/C(=O)O. The van der Waals surface area contributed by atoms with Crippen LogP contribution in [0.25, 0.3) is 22.6 Å². The molecule has 0 bridgehead atoms. The first-order chi connectivity index (χ1) is 30.2. The van der Waals surface area contributed by atoms with Crippen LogP contribution in [0.1, 0.15) is 33.6 Å². The van der Waals surface area contributed by atoms with Crippen LogP contribution in [0.15, 0.2) is 167 Å². The van der Waals surface area contributed by atoms with Gasteiger partial charge in [0.15, 0.2) is 11.5 Å². The fraction of sp³-hybridized carbons (Fsp3) is 0.0870. The third-order valence-corrected chi connectivity index (χ3v) is 8.56. The normalized spacial score (nSPS) is 10.5. The predicted molar refractivity (Wildman–Crippen MR) is 228 cm³/mol. The van der Waals surface area contributed by atoms with E-state index < -0.39 is 11.9 Å². The zero-order valence-corrected chi connectivity index (χ0v) is 33.0. The Hall–Kier alpha value is -8.66. The number of nitrogens with zero attached hydrogens (tertiary/aromatic N) is 6. The molecule has 16 nitrogen and oxygen atoms in total. The second-order valence-electron chi connectivity index (χ2n) is 13.1. The second kappa shape index (κ2) is 21.9. The Morgan fingerprint density at radius 3 is 1.26 bits per heavy atom. The molecule has 6 N–H and O–H groups in total. The van der Waals surface area contributed by atoms with E-state index >= 15 is 0 Å². The largest absolute Gasteiger partial charge is 0.478 e. The van der Waals surface area contributed by atoms with E-state index in [0.29, 0.717) is 73.1 Å². The zero-order valence-electron chi connectivity index (χ0n) is 33.0. The molecule has 312 valence electrons. The molecule has 0 saturated carbocycles. The van der Waals surface area contributed by atoms with E-state index in [-0.39, 0.29) is 0 Å². The van der Waals surface area contributed by atoms with Crippen LogP contribution in [0.2, 0.25) is 0 Å². The van der Waals surface area contributed by atoms with Gasteiger partial charge in [0, 0.05) is 74.0 Å². The lowest BCUT2D eigenvalue weighted by Crippen LogP contribution is -1.97. The Labute approximate surface area is 355 Å². The van der Waals surface area contributed by atoms with Gasteiger partial charge >= 0.3 is 11.9 Å². The predicted octanol–water partition coefficient (Wildman–Crippen LogP) is 7.48. The molecule has 0 spiro atoms. The number of carbonyl (C=O) groups is 2. The van der Waals surface area contributed by atoms with Gasteiger partial charge < -0.3 is 40.2 Å². The second-order valence-corrected chi connectivity index (χ2v) is 13.1. The minimum atomic E-state index is -1.26. The third-order valence-electron chi connectivity index (χ3n) is 8.56. The Morgan fingerprint density at radius 1 is 0.516 bits per heavy atom. The molecule has 62 heavy (non-hydrogen) atoms. The highest BCUT2D eigenvalue weighted by Crippen LogP contribution is 2.27. The molecule has 0 aliphatic heterocycles. The monoisotopic (exact) mass is 832 g/mol. The summed E-state index contributed by atoms with van der Waals surface area (Å²) < 4.78 is 22.2. The van der Waals surface area contributed by atoms with Crippen molar-refractivity contribution in [2.45, 2.75) is 26.1 Å². The molecule has 8 aromatic rings. The quantitative estimate of drug-likeness (QED) is 0.0775. The average molecular weight is 833 g/mol. The van der Waals surface area contributed by atoms with Gasteiger partial charge in [0.2, 0.25) is 11.8 Å². The van der Waals surface area contributed by atoms with Crippen molar-refractivity contribution in [3.05, 3.63) is 192 Å². The molecule has 0 fully saturated rings. The van der Waals surface area contributed by atoms with Gasteiger partial charge in [-0.25, -0.2) is 29.5 Å². The number of carboxylic acid groups (broad SMARTS) is 2. The number of hydrogen-bond donors (Lipinski definition) is 4. The van der Waals surface area contributed by atoms with Crippen molar-refractivity contribution in [2.75, 3.05) is 11.5 Å². The lowest BCUT2D eigenvalue weighted by molar-refractivity contribution is -0.134. The summed E-state index contributed by atoms with van der Waals surface area (Å²) in [6, 6.07) is 38.8. The molecule has 16 heteroatoms. The molecular formula is C46H40N8O8. The van der Waals surface area contributed by atoms with Crippen LogP contribution in [0.5, 0.6) is 11.8 Å². The van der Waals surface area contributed by atoms with Gasteiger partial charge in [-0.3, -0.25) is 0 Å². The lowest BCUT2D eigenvalue weighted by atomic mass is 10.1. The smallest absolute Gasteiger partial charge is 0.328 e. The third kappa shape index (κ3) is 13.5. The maximum absolute atomic E-state index is 9.55. The number of aliphatic carboxylic acids is 2. The van der Waals surface area contributed by atoms with E-state index in [1.54, 1.807) is 24.8 Å². The number of rotatable bonds is 14. The summed E-state index contributed by atoms with van der Waals surface area (Å²) in [6.07, 6.45) is 9.18. The number of anilines is 2. The van der Waals surface area contributed by atoms with Crippen molar-refractivity contribution < 1.29 is 38.3 Å². The van der Waals surface area contributed by atoms with Crippen molar-refractivity contribution in [3.8, 4) is 34.4 Å². The van der Waals surface area contributed by atoms with Crippen molar-refractivity contribution >= 4 is 23.6 Å². The molecular weight excluding hydrogens is 793 g/mol. The molecule has 0 atom stereocenters. The number of benzene rings is 2. The van der Waals surface area contributed by atoms with Gasteiger partial charge in [-0.1, -0.05) is 71.0 Å². The standard InChI is InChI=1S/2C21H18N4O2.C4H4O4/c2*22-21-18(4-3-11-24-21)19-13-17(25-27-19)12-15-6-8-16(9-7-15)14-26-20-5-1-2-10-23-20;5-3(6)1-2-4(7)8/h2*1-11,13H,12,14H2,(H2,22,24);1-2H,(H,5,6)(H,7,8)/b;;2-1+. The lowest BCUT2D eigenvalue weighted by Gasteiger charge is -2.05. The van der Waals surface area contributed by atoms with Crippen molar-refractivity contribution in [2.24, 2.45) is 0 Å². The van der Waals surface area contributed by atoms with Crippen LogP contribution in [0.3, 0.4) is 0 Å². The van der Waals surface area contributed by atoms with E-state index in [4.69, 9.17) is 40.2 Å². The Bertz CT molecular complexity index is 2490. The summed E-state index contributed by atoms with van der Waals surface area (Å²) in [7, 11) is 0. The molecule has 0 unspecified atom stereocenters. The fourth-order valence-corrected chi connectivity index (χ4v) is 5.54. The first-order valence-corrected chi connectivity index (χ1v) is 18.9. The molecule has 8 rings (SSSR count). The zero-order chi connectivity index (χ0) is 43.5. The molecule has 2 aromatic carbocycles. The number of pyridine rings is 4. The van der Waals surface area contributed by atoms with Crippen LogP contribution in [0.4, 0.5) is 11.6 Å². The van der Waals surface area contributed by atoms with E-state index in [0.717, 1.165) is 44.8 Å². The highest BCUT2D eigenvalue weighted by atomic mass is 16.5. The summed E-state index contributed by atoms with van der Waals surface area (Å²) in [4.78, 5) is 35.5. The van der Waals surface area contributed by atoms with Gasteiger partial charge in [-0.2, -0.15) is 0 Å². The topological polar surface area (TPSA) is 249 Å². The molecule has 6 heterocycles. The molecule has 0 aliphatic rings. The van der Waals surface area contributed by atoms with Gasteiger partial charge in [0.05, 0.1) is 22.5 Å². The van der Waals surface area contributed by atoms with Crippen LogP contribution in [-0.2, 0) is 35.6 Å². The van der Waals surface area contributed by atoms with E-state index in [1.807, 2.05) is 97.1 Å². The van der Waals surface area contributed by atoms with Gasteiger partial charge in [-0.15, -0.1) is 0 Å². The maximum Gasteiger partial charge on any atom is 0.328 e. The fourth-order valence-electron chi connectivity index (χ4n) is 5.54. The molecule has 0 aliphatic carbocycles. The van der Waals surface area contributed by atoms with Crippen LogP contribution in [-0.4, -0.2) is 52.4 Å².